The van der Waals surface area contributed by atoms with E-state index in [0.717, 1.165) is 12.0 Å². The Bertz CT molecular complexity index is 347. The summed E-state index contributed by atoms with van der Waals surface area (Å²) in [5.74, 6) is 0.925. The van der Waals surface area contributed by atoms with Gasteiger partial charge in [-0.15, -0.1) is 0 Å². The zero-order valence-corrected chi connectivity index (χ0v) is 16.3. The standard InChI is InChI=1S/C7H15O2Si.C6H8O.In/c1-7(9-6-5-8)10(2,3)4;1-4-6(3)7-5-2;/h5-7H,1-4H3;1,3-4H,5H2,2H3;. The summed E-state index contributed by atoms with van der Waals surface area (Å²) in [6.45, 7) is 11.5. The number of aldehydes is 1. The number of rotatable bonds is 7. The maximum atomic E-state index is 11.3. The summed E-state index contributed by atoms with van der Waals surface area (Å²) in [5.41, 5.74) is 0.211. The molecule has 1 rings (SSSR count). The molecular weight excluding hydrogens is 347 g/mol. The first-order chi connectivity index (χ1) is 8.38. The third-order valence-electron chi connectivity index (χ3n) is 3.24. The molecule has 100 valence electrons. The van der Waals surface area contributed by atoms with Crippen molar-refractivity contribution in [1.82, 2.24) is 0 Å². The van der Waals surface area contributed by atoms with Crippen molar-refractivity contribution in [3.8, 4) is 0 Å². The van der Waals surface area contributed by atoms with Crippen molar-refractivity contribution in [2.45, 2.75) is 43.1 Å². The second-order valence-electron chi connectivity index (χ2n) is 5.68. The molecule has 5 heteroatoms. The monoisotopic (exact) mass is 370 g/mol. The first kappa shape index (κ1) is 16.1. The van der Waals surface area contributed by atoms with Crippen molar-refractivity contribution in [3.05, 3.63) is 19.5 Å². The van der Waals surface area contributed by atoms with Gasteiger partial charge in [0.1, 0.15) is 0 Å². The van der Waals surface area contributed by atoms with E-state index in [1.165, 1.54) is 0 Å². The van der Waals surface area contributed by atoms with E-state index in [1.807, 2.05) is 13.0 Å². The molecule has 0 aromatic rings. The molecule has 3 nitrogen and oxygen atoms in total. The minimum atomic E-state index is -2.19. The molecule has 1 heterocycles. The molecule has 0 spiro atoms. The summed E-state index contributed by atoms with van der Waals surface area (Å²) >= 11 is -2.19. The van der Waals surface area contributed by atoms with Crippen molar-refractivity contribution in [1.29, 1.82) is 0 Å². The van der Waals surface area contributed by atoms with Gasteiger partial charge in [0.25, 0.3) is 0 Å². The van der Waals surface area contributed by atoms with Crippen LogP contribution in [0.4, 0.5) is 0 Å². The number of hydrogen-bond acceptors (Lipinski definition) is 3. The number of carbonyl (C=O) groups excluding carboxylic acids is 1. The van der Waals surface area contributed by atoms with E-state index in [-0.39, 0.29) is 9.59 Å². The molecule has 0 bridgehead atoms. The van der Waals surface area contributed by atoms with Crippen LogP contribution in [0.25, 0.3) is 0 Å². The van der Waals surface area contributed by atoms with Crippen molar-refractivity contribution in [2.75, 3.05) is 6.61 Å². The Kier molecular flexibility index (Phi) is 6.21. The Morgan fingerprint density at radius 1 is 1.44 bits per heavy atom. The number of hydrogen-bond donors (Lipinski definition) is 0. The number of allylic oxidation sites excluding steroid dienone is 1. The van der Waals surface area contributed by atoms with E-state index in [9.17, 15) is 4.79 Å². The SMILES string of the molecule is CCOC1=[CH][In]([CH](C=O)OC(C)[Si](C)(C)C)[CH]=C1. The summed E-state index contributed by atoms with van der Waals surface area (Å²) in [6, 6.07) is 0. The fourth-order valence-corrected chi connectivity index (χ4v) is 8.68. The quantitative estimate of drug-likeness (QED) is 0.510. The van der Waals surface area contributed by atoms with E-state index in [4.69, 9.17) is 9.47 Å². The average Bonchev–Trinajstić information content (AvgIpc) is 2.73. The van der Waals surface area contributed by atoms with Crippen molar-refractivity contribution >= 4 is 35.8 Å². The Hall–Kier alpha value is -0.00299. The summed E-state index contributed by atoms with van der Waals surface area (Å²) < 4.78 is 15.6. The van der Waals surface area contributed by atoms with Crippen LogP contribution in [-0.4, -0.2) is 52.0 Å². The number of carbonyl (C=O) groups is 1. The van der Waals surface area contributed by atoms with Crippen LogP contribution in [0, 0.1) is 0 Å². The predicted octanol–water partition coefficient (Wildman–Crippen LogP) is 2.44. The maximum absolute atomic E-state index is 11.3. The third kappa shape index (κ3) is 4.59. The Balaban J connectivity index is 2.64. The van der Waals surface area contributed by atoms with Gasteiger partial charge in [-0.25, -0.2) is 0 Å². The molecule has 0 aromatic heterocycles. The van der Waals surface area contributed by atoms with Crippen molar-refractivity contribution in [2.24, 2.45) is 0 Å². The minimum absolute atomic E-state index is 0.192. The van der Waals surface area contributed by atoms with Crippen LogP contribution in [0.5, 0.6) is 0 Å². The van der Waals surface area contributed by atoms with Gasteiger partial charge in [-0.3, -0.25) is 0 Å². The second-order valence-corrected chi connectivity index (χ2v) is 18.4. The topological polar surface area (TPSA) is 35.5 Å². The Labute approximate surface area is 119 Å². The molecule has 0 aromatic carbocycles. The first-order valence-electron chi connectivity index (χ1n) is 6.52. The molecule has 18 heavy (non-hydrogen) atoms. The summed E-state index contributed by atoms with van der Waals surface area (Å²) in [4.78, 5) is 11.3. The summed E-state index contributed by atoms with van der Waals surface area (Å²) in [6.07, 6.45) is 3.00. The zero-order valence-electron chi connectivity index (χ0n) is 12.0. The normalized spacial score (nSPS) is 18.5. The van der Waals surface area contributed by atoms with Crippen molar-refractivity contribution < 1.29 is 14.3 Å². The second kappa shape index (κ2) is 6.96. The van der Waals surface area contributed by atoms with Crippen LogP contribution >= 0.6 is 0 Å². The van der Waals surface area contributed by atoms with Gasteiger partial charge in [0.05, 0.1) is 0 Å². The van der Waals surface area contributed by atoms with Gasteiger partial charge in [-0.2, -0.15) is 0 Å². The van der Waals surface area contributed by atoms with Crippen LogP contribution < -0.4 is 0 Å². The molecule has 0 fully saturated rings. The Morgan fingerprint density at radius 3 is 2.61 bits per heavy atom. The molecule has 0 N–H and O–H groups in total. The van der Waals surface area contributed by atoms with Gasteiger partial charge < -0.3 is 0 Å². The van der Waals surface area contributed by atoms with Gasteiger partial charge in [0, 0.05) is 0 Å². The van der Waals surface area contributed by atoms with Gasteiger partial charge in [0.15, 0.2) is 0 Å². The predicted molar refractivity (Wildman–Crippen MR) is 78.3 cm³/mol. The van der Waals surface area contributed by atoms with Crippen LogP contribution in [0.15, 0.2) is 19.5 Å². The molecule has 0 saturated heterocycles. The fraction of sp³-hybridized carbons (Fsp3) is 0.615. The van der Waals surface area contributed by atoms with Gasteiger partial charge in [-0.05, 0) is 0 Å². The van der Waals surface area contributed by atoms with Gasteiger partial charge >= 0.3 is 119 Å². The van der Waals surface area contributed by atoms with Crippen LogP contribution in [0.1, 0.15) is 13.8 Å². The molecule has 0 amide bonds. The molecular formula is C13H23InO3Si. The van der Waals surface area contributed by atoms with Crippen molar-refractivity contribution in [3.63, 3.8) is 0 Å². The van der Waals surface area contributed by atoms with Crippen LogP contribution in [-0.2, 0) is 14.3 Å². The third-order valence-corrected chi connectivity index (χ3v) is 12.7. The zero-order chi connectivity index (χ0) is 13.8. The molecule has 2 atom stereocenters. The molecule has 1 aliphatic heterocycles. The first-order valence-corrected chi connectivity index (χ1v) is 15.8. The van der Waals surface area contributed by atoms with E-state index in [1.54, 1.807) is 0 Å². The summed E-state index contributed by atoms with van der Waals surface area (Å²) in [5, 5.41) is 0. The summed E-state index contributed by atoms with van der Waals surface area (Å²) in [7, 11) is -1.35. The molecule has 0 saturated carbocycles. The van der Waals surface area contributed by atoms with E-state index < -0.39 is 29.5 Å². The average molecular weight is 370 g/mol. The Morgan fingerprint density at radius 2 is 2.11 bits per heavy atom. The van der Waals surface area contributed by atoms with Gasteiger partial charge in [-0.1, -0.05) is 0 Å². The molecule has 2 unspecified atom stereocenters. The molecule has 0 radical (unpaired) electrons. The van der Waals surface area contributed by atoms with Crippen LogP contribution in [0.2, 0.25) is 19.6 Å². The van der Waals surface area contributed by atoms with E-state index >= 15 is 0 Å². The fourth-order valence-electron chi connectivity index (χ4n) is 1.63. The van der Waals surface area contributed by atoms with Gasteiger partial charge in [0.2, 0.25) is 0 Å². The van der Waals surface area contributed by atoms with E-state index in [2.05, 4.69) is 34.2 Å². The molecule has 1 aliphatic rings. The van der Waals surface area contributed by atoms with E-state index in [0.29, 0.717) is 6.61 Å². The van der Waals surface area contributed by atoms with Crippen LogP contribution in [0.3, 0.4) is 0 Å². The number of ether oxygens (including phenoxy) is 2. The molecule has 0 aliphatic carbocycles.